The van der Waals surface area contributed by atoms with Crippen LogP contribution in [0.1, 0.15) is 20.8 Å². The van der Waals surface area contributed by atoms with E-state index in [-0.39, 0.29) is 11.1 Å². The zero-order valence-corrected chi connectivity index (χ0v) is 9.22. The highest BCUT2D eigenvalue weighted by Gasteiger charge is 2.19. The van der Waals surface area contributed by atoms with Gasteiger partial charge in [-0.1, -0.05) is 5.21 Å². The number of hydrogen-bond acceptors (Lipinski definition) is 4. The lowest BCUT2D eigenvalue weighted by atomic mass is 10.1. The van der Waals surface area contributed by atoms with E-state index in [1.54, 1.807) is 17.9 Å². The summed E-state index contributed by atoms with van der Waals surface area (Å²) >= 11 is 0. The molecule has 0 spiro atoms. The Morgan fingerprint density at radius 3 is 2.60 bits per heavy atom. The lowest BCUT2D eigenvalue weighted by Gasteiger charge is -2.18. The van der Waals surface area contributed by atoms with E-state index in [0.29, 0.717) is 11.2 Å². The molecular weight excluding hydrogens is 194 g/mol. The number of nitrogens with zero attached hydrogens (tertiary/aromatic N) is 5. The van der Waals surface area contributed by atoms with Gasteiger partial charge in [0.05, 0.1) is 11.9 Å². The summed E-state index contributed by atoms with van der Waals surface area (Å²) in [6, 6.07) is 0. The van der Waals surface area contributed by atoms with Gasteiger partial charge in [-0.2, -0.15) is 0 Å². The molecule has 2 aromatic rings. The normalized spacial score (nSPS) is 12.3. The van der Waals surface area contributed by atoms with Crippen molar-refractivity contribution in [2.45, 2.75) is 26.3 Å². The van der Waals surface area contributed by atoms with Gasteiger partial charge in [-0.05, 0) is 20.8 Å². The molecule has 0 unspecified atom stereocenters. The fourth-order valence-corrected chi connectivity index (χ4v) is 1.40. The second-order valence-corrected chi connectivity index (χ2v) is 4.50. The summed E-state index contributed by atoms with van der Waals surface area (Å²) < 4.78 is 3.03. The van der Waals surface area contributed by atoms with Crippen LogP contribution in [-0.4, -0.2) is 24.5 Å². The predicted molar refractivity (Wildman–Crippen MR) is 55.6 cm³/mol. The smallest absolute Gasteiger partial charge is 0.296 e. The second kappa shape index (κ2) is 2.88. The highest BCUT2D eigenvalue weighted by molar-refractivity contribution is 5.68. The van der Waals surface area contributed by atoms with E-state index in [1.807, 2.05) is 20.8 Å². The zero-order valence-electron chi connectivity index (χ0n) is 9.22. The van der Waals surface area contributed by atoms with Crippen LogP contribution < -0.4 is 5.56 Å². The van der Waals surface area contributed by atoms with Gasteiger partial charge in [0.15, 0.2) is 5.52 Å². The first-order chi connectivity index (χ1) is 6.91. The van der Waals surface area contributed by atoms with Crippen LogP contribution in [-0.2, 0) is 12.6 Å². The molecule has 15 heavy (non-hydrogen) atoms. The minimum absolute atomic E-state index is 0.160. The van der Waals surface area contributed by atoms with Gasteiger partial charge in [-0.25, -0.2) is 9.67 Å². The third-order valence-corrected chi connectivity index (χ3v) is 2.18. The summed E-state index contributed by atoms with van der Waals surface area (Å²) in [6.45, 7) is 5.72. The third-order valence-electron chi connectivity index (χ3n) is 2.18. The third kappa shape index (κ3) is 1.42. The monoisotopic (exact) mass is 207 g/mol. The molecule has 2 heterocycles. The van der Waals surface area contributed by atoms with E-state index < -0.39 is 0 Å². The van der Waals surface area contributed by atoms with Gasteiger partial charge in [0.1, 0.15) is 0 Å². The summed E-state index contributed by atoms with van der Waals surface area (Å²) in [5.74, 6) is 0. The molecule has 0 amide bonds. The summed E-state index contributed by atoms with van der Waals surface area (Å²) in [5, 5.41) is 7.78. The van der Waals surface area contributed by atoms with Crippen LogP contribution in [0.4, 0.5) is 0 Å². The number of aryl methyl sites for hydroxylation is 1. The van der Waals surface area contributed by atoms with Crippen molar-refractivity contribution in [2.24, 2.45) is 7.05 Å². The van der Waals surface area contributed by atoms with Gasteiger partial charge in [0.2, 0.25) is 5.65 Å². The van der Waals surface area contributed by atoms with Gasteiger partial charge in [-0.3, -0.25) is 4.79 Å². The Hall–Kier alpha value is -1.72. The average molecular weight is 207 g/mol. The molecule has 0 saturated heterocycles. The van der Waals surface area contributed by atoms with E-state index in [0.717, 1.165) is 0 Å². The average Bonchev–Trinajstić information content (AvgIpc) is 2.46. The highest BCUT2D eigenvalue weighted by atomic mass is 16.1. The van der Waals surface area contributed by atoms with Crippen molar-refractivity contribution in [3.05, 3.63) is 16.7 Å². The largest absolute Gasteiger partial charge is 0.328 e. The van der Waals surface area contributed by atoms with Crippen molar-refractivity contribution < 1.29 is 0 Å². The minimum Gasteiger partial charge on any atom is -0.328 e. The van der Waals surface area contributed by atoms with E-state index in [2.05, 4.69) is 15.3 Å². The summed E-state index contributed by atoms with van der Waals surface area (Å²) in [4.78, 5) is 16.0. The summed E-state index contributed by atoms with van der Waals surface area (Å²) in [6.07, 6.45) is 1.56. The molecule has 0 bridgehead atoms. The van der Waals surface area contributed by atoms with Crippen molar-refractivity contribution >= 4 is 11.2 Å². The van der Waals surface area contributed by atoms with E-state index in [1.165, 1.54) is 4.68 Å². The van der Waals surface area contributed by atoms with Crippen molar-refractivity contribution in [2.75, 3.05) is 0 Å². The molecule has 0 saturated carbocycles. The predicted octanol–water partition coefficient (Wildman–Crippen LogP) is 0.280. The van der Waals surface area contributed by atoms with Crippen LogP contribution in [0.2, 0.25) is 0 Å². The van der Waals surface area contributed by atoms with Gasteiger partial charge < -0.3 is 4.57 Å². The SMILES string of the molecule is Cn1cnc2nnn(C(C)(C)C)c(=O)c21. The van der Waals surface area contributed by atoms with Crippen LogP contribution in [0.25, 0.3) is 11.2 Å². The first-order valence-electron chi connectivity index (χ1n) is 4.69. The molecule has 0 aliphatic carbocycles. The van der Waals surface area contributed by atoms with Crippen molar-refractivity contribution in [3.63, 3.8) is 0 Å². The molecular formula is C9H13N5O. The fraction of sp³-hybridized carbons (Fsp3) is 0.556. The van der Waals surface area contributed by atoms with Gasteiger partial charge >= 0.3 is 0 Å². The summed E-state index contributed by atoms with van der Waals surface area (Å²) in [5.41, 5.74) is 0.346. The summed E-state index contributed by atoms with van der Waals surface area (Å²) in [7, 11) is 1.77. The first kappa shape index (κ1) is 9.82. The van der Waals surface area contributed by atoms with Crippen LogP contribution in [0.5, 0.6) is 0 Å². The molecule has 0 radical (unpaired) electrons. The molecule has 0 aliphatic rings. The molecule has 0 fully saturated rings. The van der Waals surface area contributed by atoms with E-state index in [4.69, 9.17) is 0 Å². The van der Waals surface area contributed by atoms with E-state index >= 15 is 0 Å². The number of aromatic nitrogens is 5. The maximum absolute atomic E-state index is 12.1. The Morgan fingerprint density at radius 2 is 2.00 bits per heavy atom. The highest BCUT2D eigenvalue weighted by Crippen LogP contribution is 2.09. The van der Waals surface area contributed by atoms with E-state index in [9.17, 15) is 4.79 Å². The van der Waals surface area contributed by atoms with Gasteiger partial charge in [0.25, 0.3) is 5.56 Å². The molecule has 2 rings (SSSR count). The van der Waals surface area contributed by atoms with Crippen molar-refractivity contribution in [3.8, 4) is 0 Å². The topological polar surface area (TPSA) is 65.6 Å². The quantitative estimate of drug-likeness (QED) is 0.622. The van der Waals surface area contributed by atoms with Crippen LogP contribution in [0.15, 0.2) is 11.1 Å². The zero-order chi connectivity index (χ0) is 11.2. The maximum Gasteiger partial charge on any atom is 0.296 e. The molecule has 6 nitrogen and oxygen atoms in total. The van der Waals surface area contributed by atoms with Crippen molar-refractivity contribution in [1.29, 1.82) is 0 Å². The van der Waals surface area contributed by atoms with Crippen molar-refractivity contribution in [1.82, 2.24) is 24.5 Å². The standard InChI is InChI=1S/C9H13N5O/c1-9(2,3)14-8(15)6-7(11-12-14)10-5-13(6)4/h5H,1-4H3. The minimum atomic E-state index is -0.372. The number of hydrogen-bond donors (Lipinski definition) is 0. The molecule has 0 N–H and O–H groups in total. The maximum atomic E-state index is 12.1. The Morgan fingerprint density at radius 1 is 1.33 bits per heavy atom. The fourth-order valence-electron chi connectivity index (χ4n) is 1.40. The number of fused-ring (bicyclic) bond motifs is 1. The molecule has 6 heteroatoms. The number of imidazole rings is 1. The Bertz CT molecular complexity index is 560. The first-order valence-corrected chi connectivity index (χ1v) is 4.69. The van der Waals surface area contributed by atoms with Crippen LogP contribution in [0.3, 0.4) is 0 Å². The number of rotatable bonds is 0. The molecule has 0 atom stereocenters. The van der Waals surface area contributed by atoms with Gasteiger partial charge in [-0.15, -0.1) is 5.10 Å². The molecule has 80 valence electrons. The lowest BCUT2D eigenvalue weighted by Crippen LogP contribution is -2.37. The lowest BCUT2D eigenvalue weighted by molar-refractivity contribution is 0.326. The second-order valence-electron chi connectivity index (χ2n) is 4.50. The Kier molecular flexibility index (Phi) is 1.89. The van der Waals surface area contributed by atoms with Gasteiger partial charge in [0, 0.05) is 7.05 Å². The molecule has 2 aromatic heterocycles. The van der Waals surface area contributed by atoms with Crippen LogP contribution >= 0.6 is 0 Å². The Labute approximate surface area is 86.5 Å². The molecule has 0 aliphatic heterocycles. The van der Waals surface area contributed by atoms with Crippen LogP contribution in [0, 0.1) is 0 Å². The molecule has 0 aromatic carbocycles. The Balaban J connectivity index is 2.87.